The second-order valence-corrected chi connectivity index (χ2v) is 5.83. The lowest BCUT2D eigenvalue weighted by atomic mass is 10.0. The highest BCUT2D eigenvalue weighted by Gasteiger charge is 2.35. The predicted octanol–water partition coefficient (Wildman–Crippen LogP) is 3.33. The Morgan fingerprint density at radius 1 is 1.11 bits per heavy atom. The molecule has 18 heavy (non-hydrogen) atoms. The monoisotopic (exact) mass is 257 g/mol. The van der Waals surface area contributed by atoms with E-state index in [0.717, 1.165) is 31.3 Å². The Labute approximate surface area is 113 Å². The summed E-state index contributed by atoms with van der Waals surface area (Å²) in [6.45, 7) is 12.1. The summed E-state index contributed by atoms with van der Waals surface area (Å²) in [6, 6.07) is 0. The summed E-state index contributed by atoms with van der Waals surface area (Å²) in [7, 11) is 1.71. The second kappa shape index (κ2) is 8.52. The third-order valence-electron chi connectivity index (χ3n) is 3.52. The van der Waals surface area contributed by atoms with Crippen LogP contribution in [-0.4, -0.2) is 37.1 Å². The van der Waals surface area contributed by atoms with E-state index in [1.54, 1.807) is 7.11 Å². The van der Waals surface area contributed by atoms with Gasteiger partial charge in [-0.15, -0.1) is 0 Å². The number of hydrogen-bond donors (Lipinski definition) is 0. The molecule has 1 aliphatic carbocycles. The number of rotatable bonds is 1. The maximum absolute atomic E-state index is 10.4. The van der Waals surface area contributed by atoms with Crippen LogP contribution in [0, 0.1) is 11.8 Å². The number of carbonyl (C=O) groups excluding carboxylic acids is 1. The minimum atomic E-state index is 0.0417. The molecule has 0 aromatic rings. The fourth-order valence-electron chi connectivity index (χ4n) is 2.36. The summed E-state index contributed by atoms with van der Waals surface area (Å²) < 4.78 is 4.94. The third-order valence-corrected chi connectivity index (χ3v) is 3.52. The Balaban J connectivity index is 0.000000315. The third kappa shape index (κ3) is 6.39. The van der Waals surface area contributed by atoms with Crippen molar-refractivity contribution in [2.75, 3.05) is 20.2 Å². The van der Waals surface area contributed by atoms with Gasteiger partial charge in [-0.25, -0.2) is 0 Å². The van der Waals surface area contributed by atoms with Gasteiger partial charge in [-0.05, 0) is 45.4 Å². The number of amides is 1. The van der Waals surface area contributed by atoms with Crippen molar-refractivity contribution in [3.8, 4) is 0 Å². The van der Waals surface area contributed by atoms with Gasteiger partial charge < -0.3 is 9.64 Å². The summed E-state index contributed by atoms with van der Waals surface area (Å²) in [6.07, 6.45) is 5.10. The first-order valence-corrected chi connectivity index (χ1v) is 7.21. The Hall–Kier alpha value is -0.570. The number of ether oxygens (including phenoxy) is 1. The van der Waals surface area contributed by atoms with Gasteiger partial charge in [0.15, 0.2) is 0 Å². The van der Waals surface area contributed by atoms with Gasteiger partial charge in [0, 0.05) is 20.2 Å². The number of methoxy groups -OCH3 is 1. The van der Waals surface area contributed by atoms with Crippen LogP contribution in [0.1, 0.15) is 53.9 Å². The Morgan fingerprint density at radius 2 is 1.50 bits per heavy atom. The molecule has 0 radical (unpaired) electrons. The predicted molar refractivity (Wildman–Crippen MR) is 76.6 cm³/mol. The van der Waals surface area contributed by atoms with Crippen LogP contribution in [0.3, 0.4) is 0 Å². The van der Waals surface area contributed by atoms with E-state index in [0.29, 0.717) is 0 Å². The smallest absolute Gasteiger partial charge is 0.209 e. The van der Waals surface area contributed by atoms with Crippen LogP contribution in [-0.2, 0) is 9.53 Å². The van der Waals surface area contributed by atoms with Crippen molar-refractivity contribution in [1.29, 1.82) is 0 Å². The molecule has 0 unspecified atom stereocenters. The molecule has 1 saturated carbocycles. The van der Waals surface area contributed by atoms with Crippen LogP contribution in [0.15, 0.2) is 0 Å². The number of fused-ring (bicyclic) bond motifs is 1. The Kier molecular flexibility index (Phi) is 8.25. The SMILES string of the molecule is CC.COC(C)(C)C.O=CN1C[C@H]2CCC[C@H]2C1. The van der Waals surface area contributed by atoms with Crippen LogP contribution >= 0.6 is 0 Å². The van der Waals surface area contributed by atoms with E-state index in [4.69, 9.17) is 4.74 Å². The molecule has 0 spiro atoms. The molecule has 3 nitrogen and oxygen atoms in total. The quantitative estimate of drug-likeness (QED) is 0.674. The lowest BCUT2D eigenvalue weighted by Crippen LogP contribution is -2.18. The molecule has 3 heteroatoms. The molecule has 108 valence electrons. The topological polar surface area (TPSA) is 29.5 Å². The average molecular weight is 257 g/mol. The largest absolute Gasteiger partial charge is 0.379 e. The van der Waals surface area contributed by atoms with Crippen molar-refractivity contribution >= 4 is 6.41 Å². The first-order valence-electron chi connectivity index (χ1n) is 7.21. The van der Waals surface area contributed by atoms with Gasteiger partial charge in [0.1, 0.15) is 0 Å². The van der Waals surface area contributed by atoms with Gasteiger partial charge in [0.05, 0.1) is 5.60 Å². The fraction of sp³-hybridized carbons (Fsp3) is 0.933. The zero-order valence-corrected chi connectivity index (χ0v) is 13.0. The van der Waals surface area contributed by atoms with Gasteiger partial charge in [0.25, 0.3) is 0 Å². The maximum atomic E-state index is 10.4. The lowest BCUT2D eigenvalue weighted by Gasteiger charge is -2.14. The normalized spacial score (nSPS) is 25.6. The van der Waals surface area contributed by atoms with Crippen molar-refractivity contribution in [3.05, 3.63) is 0 Å². The maximum Gasteiger partial charge on any atom is 0.209 e. The van der Waals surface area contributed by atoms with Gasteiger partial charge in [-0.3, -0.25) is 4.79 Å². The van der Waals surface area contributed by atoms with Gasteiger partial charge in [-0.1, -0.05) is 20.3 Å². The number of likely N-dealkylation sites (tertiary alicyclic amines) is 1. The molecule has 0 N–H and O–H groups in total. The average Bonchev–Trinajstić information content (AvgIpc) is 2.91. The van der Waals surface area contributed by atoms with E-state index < -0.39 is 0 Å². The number of carbonyl (C=O) groups is 1. The van der Waals surface area contributed by atoms with Crippen molar-refractivity contribution in [1.82, 2.24) is 4.90 Å². The molecule has 0 aromatic carbocycles. The van der Waals surface area contributed by atoms with Crippen LogP contribution in [0.2, 0.25) is 0 Å². The molecule has 0 aromatic heterocycles. The van der Waals surface area contributed by atoms with Crippen molar-refractivity contribution in [2.24, 2.45) is 11.8 Å². The molecule has 2 fully saturated rings. The van der Waals surface area contributed by atoms with E-state index in [2.05, 4.69) is 0 Å². The van der Waals surface area contributed by atoms with Crippen molar-refractivity contribution < 1.29 is 9.53 Å². The second-order valence-electron chi connectivity index (χ2n) is 5.83. The molecule has 2 rings (SSSR count). The fourth-order valence-corrected chi connectivity index (χ4v) is 2.36. The molecule has 2 aliphatic rings. The minimum absolute atomic E-state index is 0.0417. The zero-order valence-electron chi connectivity index (χ0n) is 13.0. The summed E-state index contributed by atoms with van der Waals surface area (Å²) in [5, 5.41) is 0. The molecule has 1 amide bonds. The molecule has 1 heterocycles. The molecule has 0 bridgehead atoms. The molecular formula is C15H31NO2. The van der Waals surface area contributed by atoms with Gasteiger partial charge >= 0.3 is 0 Å². The Morgan fingerprint density at radius 3 is 1.78 bits per heavy atom. The lowest BCUT2D eigenvalue weighted by molar-refractivity contribution is -0.117. The van der Waals surface area contributed by atoms with Crippen LogP contribution in [0.25, 0.3) is 0 Å². The first-order chi connectivity index (χ1) is 8.46. The van der Waals surface area contributed by atoms with Crippen molar-refractivity contribution in [3.63, 3.8) is 0 Å². The van der Waals surface area contributed by atoms with Crippen LogP contribution < -0.4 is 0 Å². The first kappa shape index (κ1) is 17.4. The Bertz CT molecular complexity index is 211. The van der Waals surface area contributed by atoms with E-state index >= 15 is 0 Å². The van der Waals surface area contributed by atoms with Crippen LogP contribution in [0.5, 0.6) is 0 Å². The van der Waals surface area contributed by atoms with Gasteiger partial charge in [-0.2, -0.15) is 0 Å². The van der Waals surface area contributed by atoms with E-state index in [-0.39, 0.29) is 5.60 Å². The molecule has 1 saturated heterocycles. The standard InChI is InChI=1S/C8H13NO.C5H12O.C2H6/c10-6-9-4-7-2-1-3-8(7)5-9;1-5(2,3)6-4;1-2/h6-8H,1-5H2;1-4H3;1-2H3/t7-,8+;;. The highest BCUT2D eigenvalue weighted by Crippen LogP contribution is 2.36. The van der Waals surface area contributed by atoms with Crippen LogP contribution in [0.4, 0.5) is 0 Å². The molecule has 1 aliphatic heterocycles. The van der Waals surface area contributed by atoms with E-state index in [1.807, 2.05) is 39.5 Å². The minimum Gasteiger partial charge on any atom is -0.379 e. The van der Waals surface area contributed by atoms with Gasteiger partial charge in [0.2, 0.25) is 6.41 Å². The summed E-state index contributed by atoms with van der Waals surface area (Å²) in [4.78, 5) is 12.3. The summed E-state index contributed by atoms with van der Waals surface area (Å²) in [5.41, 5.74) is 0.0417. The van der Waals surface area contributed by atoms with Crippen molar-refractivity contribution in [2.45, 2.75) is 59.5 Å². The highest BCUT2D eigenvalue weighted by atomic mass is 16.5. The van der Waals surface area contributed by atoms with E-state index in [1.165, 1.54) is 19.3 Å². The molecule has 2 atom stereocenters. The number of hydrogen-bond acceptors (Lipinski definition) is 2. The van der Waals surface area contributed by atoms with E-state index in [9.17, 15) is 4.79 Å². The molecular weight excluding hydrogens is 226 g/mol. The summed E-state index contributed by atoms with van der Waals surface area (Å²) >= 11 is 0. The zero-order chi connectivity index (χ0) is 14.2. The number of nitrogens with zero attached hydrogens (tertiary/aromatic N) is 1. The summed E-state index contributed by atoms with van der Waals surface area (Å²) in [5.74, 6) is 1.70. The highest BCUT2D eigenvalue weighted by molar-refractivity contribution is 5.47.